The van der Waals surface area contributed by atoms with Crippen LogP contribution in [-0.2, 0) is 9.59 Å². The van der Waals surface area contributed by atoms with Crippen molar-refractivity contribution in [3.05, 3.63) is 30.3 Å². The van der Waals surface area contributed by atoms with E-state index in [-0.39, 0.29) is 24.0 Å². The second-order valence-corrected chi connectivity index (χ2v) is 8.18. The quantitative estimate of drug-likeness (QED) is 0.280. The number of ketones is 1. The van der Waals surface area contributed by atoms with Crippen LogP contribution < -0.4 is 4.74 Å². The minimum atomic E-state index is -1.26. The molecule has 1 unspecified atom stereocenters. The van der Waals surface area contributed by atoms with Crippen LogP contribution in [0.15, 0.2) is 30.3 Å². The second-order valence-electron chi connectivity index (χ2n) is 8.18. The highest BCUT2D eigenvalue weighted by Crippen LogP contribution is 2.39. The second kappa shape index (κ2) is 12.1. The van der Waals surface area contributed by atoms with Crippen molar-refractivity contribution in [2.24, 2.45) is 11.8 Å². The molecule has 1 saturated carbocycles. The van der Waals surface area contributed by atoms with E-state index in [1.54, 1.807) is 31.2 Å². The predicted molar refractivity (Wildman–Crippen MR) is 109 cm³/mol. The average Bonchev–Trinajstić information content (AvgIpc) is 2.95. The summed E-state index contributed by atoms with van der Waals surface area (Å²) in [5, 5.41) is 30.8. The molecule has 1 aliphatic rings. The summed E-state index contributed by atoms with van der Waals surface area (Å²) in [4.78, 5) is 23.0. The Hall–Kier alpha value is -1.76. The standard InChI is InChI=1S/C23H34O6/c1-16(24)9-5-2-3-8-12-18-19(22(27)15-21(18)26)13-14-20(25)23(28)29-17-10-6-4-7-11-17/h4,6-7,10-11,18-22,25-27H,2-3,5,8-9,12-15H2,1H3/t18-,19-,20?,21+,22-/m1/s1. The van der Waals surface area contributed by atoms with Crippen molar-refractivity contribution in [1.82, 2.24) is 0 Å². The Bertz CT molecular complexity index is 632. The average molecular weight is 407 g/mol. The van der Waals surface area contributed by atoms with E-state index in [1.807, 2.05) is 6.07 Å². The number of rotatable bonds is 12. The van der Waals surface area contributed by atoms with E-state index in [1.165, 1.54) is 0 Å². The Morgan fingerprint density at radius 2 is 1.62 bits per heavy atom. The normalized spacial score (nSPS) is 25.0. The zero-order valence-corrected chi connectivity index (χ0v) is 17.2. The summed E-state index contributed by atoms with van der Waals surface area (Å²) in [5.41, 5.74) is 0. The first-order chi connectivity index (χ1) is 13.9. The Morgan fingerprint density at radius 1 is 1.00 bits per heavy atom. The molecule has 29 heavy (non-hydrogen) atoms. The van der Waals surface area contributed by atoms with E-state index in [0.29, 0.717) is 25.0 Å². The Balaban J connectivity index is 1.76. The van der Waals surface area contributed by atoms with Crippen molar-refractivity contribution in [2.75, 3.05) is 0 Å². The van der Waals surface area contributed by atoms with E-state index in [9.17, 15) is 24.9 Å². The van der Waals surface area contributed by atoms with Crippen LogP contribution in [0.2, 0.25) is 0 Å². The molecule has 1 aromatic rings. The third-order valence-electron chi connectivity index (χ3n) is 5.84. The van der Waals surface area contributed by atoms with Gasteiger partial charge in [-0.05, 0) is 63.0 Å². The van der Waals surface area contributed by atoms with E-state index in [2.05, 4.69) is 0 Å². The molecule has 162 valence electrons. The van der Waals surface area contributed by atoms with Crippen molar-refractivity contribution in [1.29, 1.82) is 0 Å². The van der Waals surface area contributed by atoms with Gasteiger partial charge < -0.3 is 24.9 Å². The highest BCUT2D eigenvalue weighted by Gasteiger charge is 2.41. The van der Waals surface area contributed by atoms with Gasteiger partial charge in [0.15, 0.2) is 6.10 Å². The summed E-state index contributed by atoms with van der Waals surface area (Å²) < 4.78 is 5.16. The van der Waals surface area contributed by atoms with Gasteiger partial charge in [-0.15, -0.1) is 0 Å². The van der Waals surface area contributed by atoms with Crippen LogP contribution in [0, 0.1) is 11.8 Å². The molecule has 0 saturated heterocycles. The zero-order valence-electron chi connectivity index (χ0n) is 17.2. The Labute approximate surface area is 172 Å². The smallest absolute Gasteiger partial charge is 0.340 e. The number of aliphatic hydroxyl groups excluding tert-OH is 3. The Morgan fingerprint density at radius 3 is 2.28 bits per heavy atom. The summed E-state index contributed by atoms with van der Waals surface area (Å²) in [6.07, 6.45) is 3.77. The number of aliphatic hydroxyl groups is 3. The lowest BCUT2D eigenvalue weighted by atomic mass is 9.85. The number of Topliss-reactive ketones (excluding diaryl/α,β-unsaturated/α-hetero) is 1. The summed E-state index contributed by atoms with van der Waals surface area (Å²) in [6, 6.07) is 8.60. The summed E-state index contributed by atoms with van der Waals surface area (Å²) in [6.45, 7) is 1.60. The molecule has 0 bridgehead atoms. The van der Waals surface area contributed by atoms with Crippen LogP contribution in [0.5, 0.6) is 5.75 Å². The number of hydrogen-bond acceptors (Lipinski definition) is 6. The van der Waals surface area contributed by atoms with Gasteiger partial charge >= 0.3 is 5.97 Å². The molecule has 1 aliphatic carbocycles. The van der Waals surface area contributed by atoms with Crippen molar-refractivity contribution in [3.8, 4) is 5.75 Å². The topological polar surface area (TPSA) is 104 Å². The van der Waals surface area contributed by atoms with Gasteiger partial charge in [0, 0.05) is 6.42 Å². The number of hydrogen-bond donors (Lipinski definition) is 3. The fourth-order valence-electron chi connectivity index (χ4n) is 4.23. The van der Waals surface area contributed by atoms with Gasteiger partial charge in [-0.2, -0.15) is 0 Å². The lowest BCUT2D eigenvalue weighted by molar-refractivity contribution is -0.144. The summed E-state index contributed by atoms with van der Waals surface area (Å²) in [7, 11) is 0. The lowest BCUT2D eigenvalue weighted by Crippen LogP contribution is -2.29. The predicted octanol–water partition coefficient (Wildman–Crippen LogP) is 3.02. The molecule has 3 N–H and O–H groups in total. The van der Waals surface area contributed by atoms with E-state index in [4.69, 9.17) is 4.74 Å². The van der Waals surface area contributed by atoms with Gasteiger partial charge in [-0.25, -0.2) is 4.79 Å². The molecule has 6 nitrogen and oxygen atoms in total. The molecular formula is C23H34O6. The number of unbranched alkanes of at least 4 members (excludes halogenated alkanes) is 3. The number of para-hydroxylation sites is 1. The van der Waals surface area contributed by atoms with Gasteiger partial charge in [0.1, 0.15) is 11.5 Å². The van der Waals surface area contributed by atoms with Gasteiger partial charge in [0.2, 0.25) is 0 Å². The number of carbonyl (C=O) groups excluding carboxylic acids is 2. The van der Waals surface area contributed by atoms with Gasteiger partial charge in [-0.1, -0.05) is 37.5 Å². The minimum absolute atomic E-state index is 0.0323. The van der Waals surface area contributed by atoms with E-state index < -0.39 is 24.3 Å². The molecule has 0 aliphatic heterocycles. The molecule has 0 heterocycles. The van der Waals surface area contributed by atoms with Crippen LogP contribution in [0.3, 0.4) is 0 Å². The molecule has 0 spiro atoms. The summed E-state index contributed by atoms with van der Waals surface area (Å²) >= 11 is 0. The lowest BCUT2D eigenvalue weighted by Gasteiger charge is -2.24. The van der Waals surface area contributed by atoms with Crippen molar-refractivity contribution in [3.63, 3.8) is 0 Å². The van der Waals surface area contributed by atoms with Crippen molar-refractivity contribution >= 4 is 11.8 Å². The first kappa shape index (κ1) is 23.5. The fraction of sp³-hybridized carbons (Fsp3) is 0.652. The van der Waals surface area contributed by atoms with Crippen LogP contribution in [0.1, 0.15) is 64.7 Å². The van der Waals surface area contributed by atoms with Crippen LogP contribution >= 0.6 is 0 Å². The maximum atomic E-state index is 12.1. The van der Waals surface area contributed by atoms with Gasteiger partial charge in [0.25, 0.3) is 0 Å². The highest BCUT2D eigenvalue weighted by molar-refractivity contribution is 5.76. The molecule has 1 fully saturated rings. The van der Waals surface area contributed by atoms with Crippen LogP contribution in [0.4, 0.5) is 0 Å². The highest BCUT2D eigenvalue weighted by atomic mass is 16.5. The largest absolute Gasteiger partial charge is 0.425 e. The number of ether oxygens (including phenoxy) is 1. The van der Waals surface area contributed by atoms with Gasteiger partial charge in [-0.3, -0.25) is 0 Å². The molecule has 1 aromatic carbocycles. The molecule has 6 heteroatoms. The monoisotopic (exact) mass is 406 g/mol. The maximum Gasteiger partial charge on any atom is 0.340 e. The summed E-state index contributed by atoms with van der Waals surface area (Å²) in [5.74, 6) is -0.276. The zero-order chi connectivity index (χ0) is 21.2. The Kier molecular flexibility index (Phi) is 9.78. The van der Waals surface area contributed by atoms with E-state index in [0.717, 1.165) is 32.1 Å². The minimum Gasteiger partial charge on any atom is -0.425 e. The molecule has 5 atom stereocenters. The van der Waals surface area contributed by atoms with Crippen LogP contribution in [-0.4, -0.2) is 45.4 Å². The van der Waals surface area contributed by atoms with Crippen molar-refractivity contribution in [2.45, 2.75) is 83.0 Å². The van der Waals surface area contributed by atoms with Crippen molar-refractivity contribution < 1.29 is 29.6 Å². The molecular weight excluding hydrogens is 372 g/mol. The first-order valence-electron chi connectivity index (χ1n) is 10.7. The molecule has 2 rings (SSSR count). The van der Waals surface area contributed by atoms with E-state index >= 15 is 0 Å². The number of esters is 1. The number of benzene rings is 1. The SMILES string of the molecule is CC(=O)CCCCCC[C@@H]1[C@@H](CCC(O)C(=O)Oc2ccccc2)[C@H](O)C[C@@H]1O. The molecule has 0 amide bonds. The number of carbonyl (C=O) groups is 2. The van der Waals surface area contributed by atoms with Crippen LogP contribution in [0.25, 0.3) is 0 Å². The molecule has 0 radical (unpaired) electrons. The first-order valence-corrected chi connectivity index (χ1v) is 10.7. The fourth-order valence-corrected chi connectivity index (χ4v) is 4.23. The third kappa shape index (κ3) is 7.88. The maximum absolute atomic E-state index is 12.1. The molecule has 0 aromatic heterocycles. The van der Waals surface area contributed by atoms with Gasteiger partial charge in [0.05, 0.1) is 12.2 Å². The third-order valence-corrected chi connectivity index (χ3v) is 5.84.